The van der Waals surface area contributed by atoms with Crippen molar-refractivity contribution in [3.05, 3.63) is 69.6 Å². The Morgan fingerprint density at radius 2 is 2.00 bits per heavy atom. The fourth-order valence-electron chi connectivity index (χ4n) is 3.52. The molecule has 3 aromatic heterocycles. The van der Waals surface area contributed by atoms with Crippen LogP contribution in [0.4, 0.5) is 0 Å². The maximum Gasteiger partial charge on any atom is 0.332 e. The van der Waals surface area contributed by atoms with Crippen molar-refractivity contribution in [2.24, 2.45) is 7.05 Å². The van der Waals surface area contributed by atoms with Gasteiger partial charge < -0.3 is 4.74 Å². The molecule has 0 saturated heterocycles. The number of allylic oxidation sites excluding steroid dienone is 1. The van der Waals surface area contributed by atoms with Crippen molar-refractivity contribution in [3.8, 4) is 11.4 Å². The average Bonchev–Trinajstić information content (AvgIpc) is 3.19. The molecular formula is C20H21N5O3. The van der Waals surface area contributed by atoms with Crippen LogP contribution in [0.1, 0.15) is 12.6 Å². The van der Waals surface area contributed by atoms with E-state index in [2.05, 4.69) is 11.6 Å². The zero-order valence-electron chi connectivity index (χ0n) is 16.0. The van der Waals surface area contributed by atoms with E-state index < -0.39 is 5.69 Å². The van der Waals surface area contributed by atoms with E-state index in [4.69, 9.17) is 4.74 Å². The van der Waals surface area contributed by atoms with Crippen LogP contribution in [0.2, 0.25) is 0 Å². The number of fused-ring (bicyclic) bond motifs is 3. The molecule has 0 unspecified atom stereocenters. The highest BCUT2D eigenvalue weighted by atomic mass is 16.5. The van der Waals surface area contributed by atoms with Crippen molar-refractivity contribution < 1.29 is 4.74 Å². The lowest BCUT2D eigenvalue weighted by Crippen LogP contribution is -2.39. The summed E-state index contributed by atoms with van der Waals surface area (Å²) in [6.45, 7) is 8.17. The van der Waals surface area contributed by atoms with Gasteiger partial charge >= 0.3 is 5.69 Å². The van der Waals surface area contributed by atoms with Gasteiger partial charge in [0.1, 0.15) is 5.75 Å². The number of benzene rings is 1. The van der Waals surface area contributed by atoms with E-state index in [-0.39, 0.29) is 12.1 Å². The number of aryl methyl sites for hydroxylation is 2. The summed E-state index contributed by atoms with van der Waals surface area (Å²) in [5.74, 6) is 1.26. The number of ether oxygens (including phenoxy) is 1. The second-order valence-corrected chi connectivity index (χ2v) is 6.51. The van der Waals surface area contributed by atoms with Crippen LogP contribution in [0.25, 0.3) is 22.6 Å². The van der Waals surface area contributed by atoms with Crippen LogP contribution in [-0.4, -0.2) is 29.7 Å². The molecule has 0 bridgehead atoms. The zero-order valence-corrected chi connectivity index (χ0v) is 16.0. The zero-order chi connectivity index (χ0) is 20.0. The molecular weight excluding hydrogens is 358 g/mol. The smallest absolute Gasteiger partial charge is 0.332 e. The summed E-state index contributed by atoms with van der Waals surface area (Å²) in [7, 11) is 1.61. The molecule has 4 aromatic rings. The van der Waals surface area contributed by atoms with Gasteiger partial charge in [0.2, 0.25) is 5.78 Å². The van der Waals surface area contributed by atoms with Gasteiger partial charge in [-0.3, -0.25) is 22.9 Å². The maximum absolute atomic E-state index is 13.0. The molecule has 3 heterocycles. The van der Waals surface area contributed by atoms with Gasteiger partial charge in [0.05, 0.1) is 12.3 Å². The molecule has 0 radical (unpaired) electrons. The summed E-state index contributed by atoms with van der Waals surface area (Å²) in [6.07, 6.45) is 3.37. The third-order valence-corrected chi connectivity index (χ3v) is 4.74. The molecule has 144 valence electrons. The first kappa shape index (κ1) is 17.8. The van der Waals surface area contributed by atoms with E-state index in [0.29, 0.717) is 23.5 Å². The van der Waals surface area contributed by atoms with Crippen molar-refractivity contribution in [2.45, 2.75) is 20.4 Å². The molecule has 4 rings (SSSR count). The molecule has 0 aliphatic carbocycles. The van der Waals surface area contributed by atoms with Gasteiger partial charge in [-0.1, -0.05) is 18.2 Å². The molecule has 0 aliphatic heterocycles. The Hall–Kier alpha value is -3.55. The predicted molar refractivity (Wildman–Crippen MR) is 108 cm³/mol. The number of aromatic nitrogens is 5. The van der Waals surface area contributed by atoms with Gasteiger partial charge in [-0.15, -0.1) is 6.58 Å². The lowest BCUT2D eigenvalue weighted by atomic mass is 10.3. The average molecular weight is 379 g/mol. The summed E-state index contributed by atoms with van der Waals surface area (Å²) in [5, 5.41) is 0. The molecule has 8 nitrogen and oxygen atoms in total. The Labute approximate surface area is 160 Å². The van der Waals surface area contributed by atoms with Crippen LogP contribution >= 0.6 is 0 Å². The minimum atomic E-state index is -0.420. The Morgan fingerprint density at radius 3 is 2.71 bits per heavy atom. The standard InChI is InChI=1S/C20H21N5O3/c1-5-11-23-18(26)16-17(22(4)20(23)27)21-19-24(16)12-13(3)25(19)14-9-7-8-10-15(14)28-6-2/h5,7-10,12H,1,6,11H2,2-4H3. The first-order valence-electron chi connectivity index (χ1n) is 9.02. The number of hydrogen-bond acceptors (Lipinski definition) is 4. The van der Waals surface area contributed by atoms with Crippen LogP contribution in [0.5, 0.6) is 5.75 Å². The van der Waals surface area contributed by atoms with Gasteiger partial charge in [-0.25, -0.2) is 4.79 Å². The third kappa shape index (κ3) is 2.41. The highest BCUT2D eigenvalue weighted by Gasteiger charge is 2.21. The van der Waals surface area contributed by atoms with Gasteiger partial charge in [0.15, 0.2) is 11.2 Å². The molecule has 0 fully saturated rings. The second-order valence-electron chi connectivity index (χ2n) is 6.51. The Balaban J connectivity index is 2.13. The quantitative estimate of drug-likeness (QED) is 0.497. The summed E-state index contributed by atoms with van der Waals surface area (Å²) >= 11 is 0. The van der Waals surface area contributed by atoms with Gasteiger partial charge in [-0.05, 0) is 26.0 Å². The molecule has 0 N–H and O–H groups in total. The normalized spacial score (nSPS) is 11.4. The fraction of sp³-hybridized carbons (Fsp3) is 0.250. The van der Waals surface area contributed by atoms with Crippen LogP contribution in [0.15, 0.2) is 52.7 Å². The maximum atomic E-state index is 13.0. The third-order valence-electron chi connectivity index (χ3n) is 4.74. The van der Waals surface area contributed by atoms with Crippen LogP contribution < -0.4 is 16.0 Å². The largest absolute Gasteiger partial charge is 0.492 e. The first-order chi connectivity index (χ1) is 13.5. The number of rotatable bonds is 5. The first-order valence-corrected chi connectivity index (χ1v) is 9.02. The minimum Gasteiger partial charge on any atom is -0.492 e. The van der Waals surface area contributed by atoms with Crippen molar-refractivity contribution in [3.63, 3.8) is 0 Å². The number of imidazole rings is 2. The SMILES string of the molecule is C=CCn1c(=O)c2c(nc3n(-c4ccccc4OCC)c(C)cn23)n(C)c1=O. The summed E-state index contributed by atoms with van der Waals surface area (Å²) in [5.41, 5.74) is 1.60. The van der Waals surface area contributed by atoms with E-state index in [1.165, 1.54) is 10.6 Å². The lowest BCUT2D eigenvalue weighted by Gasteiger charge is -2.12. The Bertz CT molecular complexity index is 1340. The van der Waals surface area contributed by atoms with E-state index in [1.54, 1.807) is 11.4 Å². The van der Waals surface area contributed by atoms with E-state index >= 15 is 0 Å². The summed E-state index contributed by atoms with van der Waals surface area (Å²) in [4.78, 5) is 30.2. The van der Waals surface area contributed by atoms with Crippen LogP contribution in [0, 0.1) is 6.92 Å². The number of para-hydroxylation sites is 2. The van der Waals surface area contributed by atoms with Crippen molar-refractivity contribution in [1.82, 2.24) is 23.1 Å². The second kappa shape index (κ2) is 6.56. The van der Waals surface area contributed by atoms with E-state index in [0.717, 1.165) is 21.7 Å². The number of nitrogens with zero attached hydrogens (tertiary/aromatic N) is 5. The minimum absolute atomic E-state index is 0.140. The Kier molecular flexibility index (Phi) is 4.18. The lowest BCUT2D eigenvalue weighted by molar-refractivity contribution is 0.339. The van der Waals surface area contributed by atoms with Gasteiger partial charge in [-0.2, -0.15) is 4.98 Å². The van der Waals surface area contributed by atoms with Crippen molar-refractivity contribution >= 4 is 16.9 Å². The molecule has 1 aromatic carbocycles. The van der Waals surface area contributed by atoms with E-state index in [9.17, 15) is 9.59 Å². The molecule has 28 heavy (non-hydrogen) atoms. The topological polar surface area (TPSA) is 75.5 Å². The van der Waals surface area contributed by atoms with Crippen LogP contribution in [0.3, 0.4) is 0 Å². The highest BCUT2D eigenvalue weighted by molar-refractivity contribution is 5.76. The van der Waals surface area contributed by atoms with Crippen LogP contribution in [-0.2, 0) is 13.6 Å². The fourth-order valence-corrected chi connectivity index (χ4v) is 3.52. The highest BCUT2D eigenvalue weighted by Crippen LogP contribution is 2.27. The summed E-state index contributed by atoms with van der Waals surface area (Å²) in [6, 6.07) is 7.66. The molecule has 0 spiro atoms. The Morgan fingerprint density at radius 1 is 1.25 bits per heavy atom. The molecule has 8 heteroatoms. The molecule has 0 saturated carbocycles. The molecule has 0 atom stereocenters. The number of hydrogen-bond donors (Lipinski definition) is 0. The summed E-state index contributed by atoms with van der Waals surface area (Å²) < 4.78 is 12.0. The van der Waals surface area contributed by atoms with Gasteiger partial charge in [0.25, 0.3) is 5.56 Å². The molecule has 0 amide bonds. The van der Waals surface area contributed by atoms with Gasteiger partial charge in [0, 0.05) is 25.5 Å². The van der Waals surface area contributed by atoms with Crippen molar-refractivity contribution in [2.75, 3.05) is 6.61 Å². The predicted octanol–water partition coefficient (Wildman–Crippen LogP) is 2.03. The van der Waals surface area contributed by atoms with Crippen molar-refractivity contribution in [1.29, 1.82) is 0 Å². The molecule has 0 aliphatic rings. The monoisotopic (exact) mass is 379 g/mol. The van der Waals surface area contributed by atoms with E-state index in [1.807, 2.05) is 48.9 Å².